The molecule has 5 aromatic carbocycles. The van der Waals surface area contributed by atoms with Gasteiger partial charge in [-0.1, -0.05) is 87.4 Å². The van der Waals surface area contributed by atoms with Gasteiger partial charge in [-0.05, 0) is 116 Å². The standard InChI is InChI=1S/C76H89N15O12S/c1-89(2)54-30-33-58-63(44-54)103-64-45-55(90(3)4)31-34-59(64)66(58)57-32-27-51(43-60(57)74(97)98)72(95)86-62(41-48-21-14-12-15-22-48)73(96)81-39-18-13-19-40-83-104(101,102)56-24-20-23-50(42-56)70(93)80-38-17-11-9-7-6-8-10-16-37-79-65(92)36-35-61(75(99)100)85-71(94)49-25-28-53(29-26-49)91(5)47-52-46-82-69-67(84-52)68(77)87-76(78)88-69/h12,14-15,20-34,42-46,61-62,83H,6-11,13,16-19,35-41,47H2,1-5H3,(H10-,77,78,79,80,81,82,85,86,87,88,92,93,94,95,96,97,98,99,100)/p+1/t61-,62+/m0/s1. The number of sulfonamides is 1. The molecule has 1 aliphatic carbocycles. The molecular weight excluding hydrogens is 1350 g/mol. The first-order chi connectivity index (χ1) is 49.9. The van der Waals surface area contributed by atoms with Crippen molar-refractivity contribution in [3.05, 3.63) is 179 Å². The molecule has 0 spiro atoms. The summed E-state index contributed by atoms with van der Waals surface area (Å²) in [7, 11) is 5.54. The van der Waals surface area contributed by atoms with Gasteiger partial charge >= 0.3 is 11.9 Å². The largest absolute Gasteiger partial charge is 0.480 e. The molecule has 2 aromatic heterocycles. The van der Waals surface area contributed by atoms with Crippen LogP contribution in [0, 0.1) is 0 Å². The topological polar surface area (TPSA) is 392 Å². The first-order valence-electron chi connectivity index (χ1n) is 34.7. The fourth-order valence-corrected chi connectivity index (χ4v) is 13.0. The molecule has 104 heavy (non-hydrogen) atoms. The van der Waals surface area contributed by atoms with Crippen molar-refractivity contribution in [1.29, 1.82) is 0 Å². The molecule has 0 saturated heterocycles. The summed E-state index contributed by atoms with van der Waals surface area (Å²) >= 11 is 0. The molecule has 0 bridgehead atoms. The van der Waals surface area contributed by atoms with Crippen molar-refractivity contribution in [2.75, 3.05) is 82.7 Å². The average Bonchev–Trinajstić information content (AvgIpc) is 0.744. The van der Waals surface area contributed by atoms with E-state index in [4.69, 9.17) is 15.9 Å². The predicted octanol–water partition coefficient (Wildman–Crippen LogP) is 7.77. The summed E-state index contributed by atoms with van der Waals surface area (Å²) in [5.41, 5.74) is 17.9. The minimum atomic E-state index is -3.96. The Morgan fingerprint density at radius 3 is 1.92 bits per heavy atom. The number of fused-ring (bicyclic) bond motifs is 3. The number of aromatic carboxylic acids is 1. The van der Waals surface area contributed by atoms with Gasteiger partial charge in [-0.25, -0.2) is 37.3 Å². The summed E-state index contributed by atoms with van der Waals surface area (Å²) in [5.74, 6) is -4.20. The number of nitrogens with one attached hydrogen (secondary N) is 6. The minimum absolute atomic E-state index is 0.00129. The third-order valence-corrected chi connectivity index (χ3v) is 19.2. The van der Waals surface area contributed by atoms with E-state index in [-0.39, 0.29) is 88.7 Å². The van der Waals surface area contributed by atoms with Crippen molar-refractivity contribution in [3.63, 3.8) is 0 Å². The summed E-state index contributed by atoms with van der Waals surface area (Å²) in [6.07, 6.45) is 10.2. The number of unbranched alkanes of at least 4 members (excludes halogenated alkanes) is 9. The lowest BCUT2D eigenvalue weighted by atomic mass is 9.89. The maximum Gasteiger partial charge on any atom is 0.336 e. The van der Waals surface area contributed by atoms with Gasteiger partial charge in [0.15, 0.2) is 17.0 Å². The lowest BCUT2D eigenvalue weighted by molar-refractivity contribution is -0.139. The van der Waals surface area contributed by atoms with Crippen LogP contribution in [0.25, 0.3) is 44.6 Å². The third kappa shape index (κ3) is 21.1. The maximum atomic E-state index is 14.1. The second-order valence-corrected chi connectivity index (χ2v) is 27.7. The van der Waals surface area contributed by atoms with Gasteiger partial charge < -0.3 is 62.5 Å². The van der Waals surface area contributed by atoms with E-state index in [1.165, 1.54) is 24.3 Å². The molecule has 0 unspecified atom stereocenters. The van der Waals surface area contributed by atoms with Crippen LogP contribution in [0.4, 0.5) is 23.1 Å². The molecule has 12 N–H and O–H groups in total. The van der Waals surface area contributed by atoms with E-state index in [0.717, 1.165) is 73.7 Å². The van der Waals surface area contributed by atoms with Gasteiger partial charge in [0.05, 0.1) is 35.0 Å². The Labute approximate surface area is 603 Å². The Balaban J connectivity index is 0.633. The normalized spacial score (nSPS) is 11.9. The number of amides is 5. The third-order valence-electron chi connectivity index (χ3n) is 17.7. The van der Waals surface area contributed by atoms with E-state index < -0.39 is 51.8 Å². The number of nitrogens with zero attached hydrogens (tertiary/aromatic N) is 7. The van der Waals surface area contributed by atoms with Crippen molar-refractivity contribution < 1.29 is 56.6 Å². The van der Waals surface area contributed by atoms with Gasteiger partial charge in [0.1, 0.15) is 37.5 Å². The van der Waals surface area contributed by atoms with Gasteiger partial charge in [0.25, 0.3) is 17.7 Å². The predicted molar refractivity (Wildman–Crippen MR) is 399 cm³/mol. The number of carbonyl (C=O) groups is 7. The maximum absolute atomic E-state index is 14.1. The highest BCUT2D eigenvalue weighted by atomic mass is 32.2. The van der Waals surface area contributed by atoms with Gasteiger partial charge in [0, 0.05) is 117 Å². The van der Waals surface area contributed by atoms with Crippen LogP contribution >= 0.6 is 0 Å². The number of hydrogen-bond acceptors (Lipinski definition) is 18. The molecule has 28 heteroatoms. The number of carbonyl (C=O) groups excluding carboxylic acids is 5. The highest BCUT2D eigenvalue weighted by Gasteiger charge is 2.28. The molecule has 546 valence electrons. The molecule has 5 amide bonds. The number of anilines is 4. The Hall–Kier alpha value is -11.4. The van der Waals surface area contributed by atoms with Gasteiger partial charge in [-0.15, -0.1) is 0 Å². The molecule has 2 aliphatic rings. The zero-order chi connectivity index (χ0) is 74.5. The van der Waals surface area contributed by atoms with E-state index in [1.54, 1.807) is 48.7 Å². The van der Waals surface area contributed by atoms with Crippen molar-refractivity contribution >= 4 is 96.8 Å². The van der Waals surface area contributed by atoms with Crippen molar-refractivity contribution in [1.82, 2.24) is 55.8 Å². The SMILES string of the molecule is CN(C)c1ccc2c(-c3ccc(C(=O)N[C@H](Cc4ccccc4)C(=O)NCCCCCNS(=O)(=O)c4cccc(C(=O)NCCCCCCCCCCNC(=O)CC[C@H](NC(=O)c5ccc(N(C)Cc6cnc7nc(N)nc(N)c7n6)cc5)C(=O)O)c4)cc3C(=O)O)c3ccc(=[N+](C)C)cc-3oc2c1. The molecule has 7 aromatic rings. The number of rotatable bonds is 37. The number of hydrogen-bond donors (Lipinski definition) is 10. The van der Waals surface area contributed by atoms with Crippen LogP contribution in [-0.2, 0) is 37.4 Å². The van der Waals surface area contributed by atoms with Gasteiger partial charge in [-0.3, -0.25) is 24.0 Å². The molecule has 2 atom stereocenters. The first-order valence-corrected chi connectivity index (χ1v) is 36.1. The number of carboxylic acids is 2. The first kappa shape index (κ1) is 76.8. The highest BCUT2D eigenvalue weighted by molar-refractivity contribution is 7.89. The van der Waals surface area contributed by atoms with Crippen molar-refractivity contribution in [2.24, 2.45) is 0 Å². The highest BCUT2D eigenvalue weighted by Crippen LogP contribution is 2.42. The zero-order valence-electron chi connectivity index (χ0n) is 59.0. The quantitative estimate of drug-likeness (QED) is 0.0101. The number of aromatic nitrogens is 4. The monoisotopic (exact) mass is 1440 g/mol. The van der Waals surface area contributed by atoms with Crippen LogP contribution in [0.2, 0.25) is 0 Å². The van der Waals surface area contributed by atoms with E-state index in [2.05, 4.69) is 51.2 Å². The Morgan fingerprint density at radius 1 is 0.606 bits per heavy atom. The number of nitrogens with two attached hydrogens (primary N) is 2. The number of aliphatic carboxylic acids is 1. The molecule has 0 radical (unpaired) electrons. The van der Waals surface area contributed by atoms with Crippen LogP contribution in [0.15, 0.2) is 149 Å². The molecule has 9 rings (SSSR count). The van der Waals surface area contributed by atoms with Crippen LogP contribution in [0.3, 0.4) is 0 Å². The van der Waals surface area contributed by atoms with Crippen LogP contribution in [-0.4, -0.2) is 154 Å². The fourth-order valence-electron chi connectivity index (χ4n) is 11.9. The Bertz CT molecular complexity index is 4720. The average molecular weight is 1440 g/mol. The zero-order valence-corrected chi connectivity index (χ0v) is 59.9. The van der Waals surface area contributed by atoms with Gasteiger partial charge in [0.2, 0.25) is 33.1 Å². The number of benzene rings is 6. The molecule has 1 aliphatic heterocycles. The van der Waals surface area contributed by atoms with E-state index in [1.807, 2.05) is 116 Å². The molecule has 3 heterocycles. The van der Waals surface area contributed by atoms with E-state index in [9.17, 15) is 52.2 Å². The number of nitrogen functional groups attached to an aromatic ring is 2. The van der Waals surface area contributed by atoms with Crippen LogP contribution in [0.5, 0.6) is 0 Å². The van der Waals surface area contributed by atoms with Crippen molar-refractivity contribution in [3.8, 4) is 22.5 Å². The number of carboxylic acid groups (broad SMARTS) is 2. The Morgan fingerprint density at radius 2 is 1.23 bits per heavy atom. The summed E-state index contributed by atoms with van der Waals surface area (Å²) < 4.78 is 37.7. The smallest absolute Gasteiger partial charge is 0.336 e. The molecular formula is C76H90N15O12S+. The summed E-state index contributed by atoms with van der Waals surface area (Å²) in [6, 6.07) is 35.3. The molecule has 0 saturated carbocycles. The van der Waals surface area contributed by atoms with Crippen molar-refractivity contribution in [2.45, 2.75) is 113 Å². The van der Waals surface area contributed by atoms with E-state index in [0.29, 0.717) is 83.5 Å². The van der Waals surface area contributed by atoms with Gasteiger partial charge in [-0.2, -0.15) is 9.97 Å². The fraction of sp³-hybridized carbons (Fsp3) is 0.342. The second-order valence-electron chi connectivity index (χ2n) is 25.9. The second kappa shape index (κ2) is 36.5. The summed E-state index contributed by atoms with van der Waals surface area (Å²) in [6.45, 7) is 1.55. The minimum Gasteiger partial charge on any atom is -0.480 e. The Kier molecular flexibility index (Phi) is 26.9. The van der Waals surface area contributed by atoms with E-state index >= 15 is 0 Å². The lowest BCUT2D eigenvalue weighted by Crippen LogP contribution is -2.48. The molecule has 27 nitrogen and oxygen atoms in total. The molecule has 0 fully saturated rings. The van der Waals surface area contributed by atoms with Crippen LogP contribution in [0.1, 0.15) is 136 Å². The summed E-state index contributed by atoms with van der Waals surface area (Å²) in [4.78, 5) is 112. The summed E-state index contributed by atoms with van der Waals surface area (Å²) in [5, 5.41) is 36.1. The van der Waals surface area contributed by atoms with Crippen LogP contribution < -0.4 is 62.5 Å². The lowest BCUT2D eigenvalue weighted by Gasteiger charge is -2.20.